The summed E-state index contributed by atoms with van der Waals surface area (Å²) in [5, 5.41) is 0. The van der Waals surface area contributed by atoms with Gasteiger partial charge in [-0.1, -0.05) is 0 Å². The van der Waals surface area contributed by atoms with E-state index in [-0.39, 0.29) is 0 Å². The van der Waals surface area contributed by atoms with Gasteiger partial charge in [0.05, 0.1) is 0 Å². The molecule has 0 amide bonds. The van der Waals surface area contributed by atoms with Crippen LogP contribution in [-0.4, -0.2) is 47.6 Å². The smallest absolute Gasteiger partial charge is 0.0125 e. The fraction of sp³-hybridized carbons (Fsp3) is 1.00. The van der Waals surface area contributed by atoms with Gasteiger partial charge in [0.1, 0.15) is 0 Å². The second-order valence-corrected chi connectivity index (χ2v) is 6.75. The molecule has 0 N–H and O–H groups in total. The molecule has 2 nitrogen and oxygen atoms in total. The van der Waals surface area contributed by atoms with Gasteiger partial charge < -0.3 is 4.90 Å². The Balaban J connectivity index is 1.76. The summed E-state index contributed by atoms with van der Waals surface area (Å²) in [6.45, 7) is 14.8. The molecule has 2 saturated heterocycles. The number of nitrogens with zero attached hydrogens (tertiary/aromatic N) is 2. The molecule has 0 saturated carbocycles. The van der Waals surface area contributed by atoms with Gasteiger partial charge in [0.2, 0.25) is 0 Å². The van der Waals surface area contributed by atoms with E-state index >= 15 is 0 Å². The highest BCUT2D eigenvalue weighted by molar-refractivity contribution is 4.87. The Morgan fingerprint density at radius 2 is 1.88 bits per heavy atom. The molecule has 0 bridgehead atoms. The predicted octanol–water partition coefficient (Wildman–Crippen LogP) is 2.59. The predicted molar refractivity (Wildman–Crippen MR) is 69.7 cm³/mol. The van der Waals surface area contributed by atoms with E-state index in [0.29, 0.717) is 5.54 Å². The molecular weight excluding hydrogens is 196 g/mol. The van der Waals surface area contributed by atoms with Crippen molar-refractivity contribution >= 4 is 0 Å². The van der Waals surface area contributed by atoms with E-state index in [1.807, 2.05) is 0 Å². The van der Waals surface area contributed by atoms with Gasteiger partial charge >= 0.3 is 0 Å². The van der Waals surface area contributed by atoms with Gasteiger partial charge in [-0.3, -0.25) is 4.90 Å². The van der Waals surface area contributed by atoms with Crippen molar-refractivity contribution in [2.24, 2.45) is 5.92 Å². The third-order valence-corrected chi connectivity index (χ3v) is 4.42. The highest BCUT2D eigenvalue weighted by Crippen LogP contribution is 2.28. The maximum absolute atomic E-state index is 2.65. The van der Waals surface area contributed by atoms with E-state index in [2.05, 4.69) is 37.5 Å². The Hall–Kier alpha value is -0.0800. The van der Waals surface area contributed by atoms with E-state index in [4.69, 9.17) is 0 Å². The van der Waals surface area contributed by atoms with Gasteiger partial charge in [0, 0.05) is 18.1 Å². The maximum atomic E-state index is 2.65. The molecule has 0 spiro atoms. The number of hydrogen-bond donors (Lipinski definition) is 0. The van der Waals surface area contributed by atoms with Crippen LogP contribution in [0.25, 0.3) is 0 Å². The van der Waals surface area contributed by atoms with E-state index in [1.165, 1.54) is 45.4 Å². The zero-order valence-corrected chi connectivity index (χ0v) is 11.5. The molecule has 0 aromatic heterocycles. The molecule has 0 radical (unpaired) electrons. The minimum Gasteiger partial charge on any atom is -0.301 e. The minimum absolute atomic E-state index is 0.370. The molecule has 0 aromatic rings. The van der Waals surface area contributed by atoms with E-state index in [1.54, 1.807) is 0 Å². The quantitative estimate of drug-likeness (QED) is 0.727. The lowest BCUT2D eigenvalue weighted by atomic mass is 9.97. The fourth-order valence-electron chi connectivity index (χ4n) is 3.05. The molecular formula is C14H28N2. The SMILES string of the molecule is CC(CC1CCN(C(C)(C)C)C1)N1CCC1. The van der Waals surface area contributed by atoms with Gasteiger partial charge in [-0.05, 0) is 72.5 Å². The Labute approximate surface area is 101 Å². The molecule has 0 aromatic carbocycles. The molecule has 2 atom stereocenters. The first-order valence-corrected chi connectivity index (χ1v) is 6.96. The number of hydrogen-bond acceptors (Lipinski definition) is 2. The molecule has 2 fully saturated rings. The molecule has 2 rings (SSSR count). The van der Waals surface area contributed by atoms with Gasteiger partial charge in [0.25, 0.3) is 0 Å². The van der Waals surface area contributed by atoms with Crippen LogP contribution in [0.4, 0.5) is 0 Å². The fourth-order valence-corrected chi connectivity index (χ4v) is 3.05. The Bertz CT molecular complexity index is 227. The lowest BCUT2D eigenvalue weighted by Gasteiger charge is -2.38. The molecule has 2 aliphatic heterocycles. The third kappa shape index (κ3) is 2.78. The normalized spacial score (nSPS) is 30.4. The Morgan fingerprint density at radius 3 is 2.31 bits per heavy atom. The molecule has 2 heterocycles. The van der Waals surface area contributed by atoms with Crippen LogP contribution in [-0.2, 0) is 0 Å². The largest absolute Gasteiger partial charge is 0.301 e. The summed E-state index contributed by atoms with van der Waals surface area (Å²) in [6, 6.07) is 0.818. The van der Waals surface area contributed by atoms with Crippen LogP contribution >= 0.6 is 0 Å². The molecule has 0 aliphatic carbocycles. The molecule has 2 heteroatoms. The summed E-state index contributed by atoms with van der Waals surface area (Å²) < 4.78 is 0. The van der Waals surface area contributed by atoms with Gasteiger partial charge in [0.15, 0.2) is 0 Å². The van der Waals surface area contributed by atoms with Crippen LogP contribution in [0.2, 0.25) is 0 Å². The van der Waals surface area contributed by atoms with E-state index in [0.717, 1.165) is 12.0 Å². The Kier molecular flexibility index (Phi) is 3.60. The van der Waals surface area contributed by atoms with Crippen molar-refractivity contribution in [3.05, 3.63) is 0 Å². The monoisotopic (exact) mass is 224 g/mol. The molecule has 16 heavy (non-hydrogen) atoms. The van der Waals surface area contributed by atoms with E-state index < -0.39 is 0 Å². The van der Waals surface area contributed by atoms with Crippen molar-refractivity contribution in [3.8, 4) is 0 Å². The minimum atomic E-state index is 0.370. The lowest BCUT2D eigenvalue weighted by Crippen LogP contribution is -2.45. The summed E-state index contributed by atoms with van der Waals surface area (Å²) in [7, 11) is 0. The van der Waals surface area contributed by atoms with Crippen LogP contribution < -0.4 is 0 Å². The van der Waals surface area contributed by atoms with Crippen molar-refractivity contribution in [2.45, 2.75) is 58.5 Å². The summed E-state index contributed by atoms with van der Waals surface area (Å²) in [6.07, 6.45) is 4.24. The first-order valence-electron chi connectivity index (χ1n) is 6.96. The van der Waals surface area contributed by atoms with Crippen molar-refractivity contribution in [1.82, 2.24) is 9.80 Å². The summed E-state index contributed by atoms with van der Waals surface area (Å²) >= 11 is 0. The molecule has 2 unspecified atom stereocenters. The highest BCUT2D eigenvalue weighted by atomic mass is 15.2. The summed E-state index contributed by atoms with van der Waals surface area (Å²) in [5.74, 6) is 0.940. The standard InChI is InChI=1S/C14H28N2/c1-12(15-7-5-8-15)10-13-6-9-16(11-13)14(2,3)4/h12-13H,5-11H2,1-4H3. The first kappa shape index (κ1) is 12.4. The summed E-state index contributed by atoms with van der Waals surface area (Å²) in [4.78, 5) is 5.29. The highest BCUT2D eigenvalue weighted by Gasteiger charge is 2.32. The Morgan fingerprint density at radius 1 is 1.19 bits per heavy atom. The molecule has 94 valence electrons. The average molecular weight is 224 g/mol. The number of likely N-dealkylation sites (tertiary alicyclic amines) is 2. The second kappa shape index (κ2) is 4.66. The second-order valence-electron chi connectivity index (χ2n) is 6.75. The van der Waals surface area contributed by atoms with Crippen LogP contribution in [0.5, 0.6) is 0 Å². The average Bonchev–Trinajstić information content (AvgIpc) is 2.47. The number of rotatable bonds is 3. The molecule has 2 aliphatic rings. The zero-order chi connectivity index (χ0) is 11.8. The van der Waals surface area contributed by atoms with E-state index in [9.17, 15) is 0 Å². The van der Waals surface area contributed by atoms with Gasteiger partial charge in [-0.15, -0.1) is 0 Å². The van der Waals surface area contributed by atoms with Crippen LogP contribution in [0, 0.1) is 5.92 Å². The lowest BCUT2D eigenvalue weighted by molar-refractivity contribution is 0.106. The van der Waals surface area contributed by atoms with Crippen molar-refractivity contribution in [1.29, 1.82) is 0 Å². The zero-order valence-electron chi connectivity index (χ0n) is 11.5. The summed E-state index contributed by atoms with van der Waals surface area (Å²) in [5.41, 5.74) is 0.370. The van der Waals surface area contributed by atoms with Gasteiger partial charge in [-0.2, -0.15) is 0 Å². The van der Waals surface area contributed by atoms with Crippen LogP contribution in [0.15, 0.2) is 0 Å². The van der Waals surface area contributed by atoms with Crippen LogP contribution in [0.1, 0.15) is 47.0 Å². The van der Waals surface area contributed by atoms with Crippen molar-refractivity contribution in [3.63, 3.8) is 0 Å². The van der Waals surface area contributed by atoms with Crippen LogP contribution in [0.3, 0.4) is 0 Å². The van der Waals surface area contributed by atoms with Crippen molar-refractivity contribution in [2.75, 3.05) is 26.2 Å². The maximum Gasteiger partial charge on any atom is 0.0125 e. The third-order valence-electron chi connectivity index (χ3n) is 4.42. The first-order chi connectivity index (χ1) is 7.47. The topological polar surface area (TPSA) is 6.48 Å². The van der Waals surface area contributed by atoms with Gasteiger partial charge in [-0.25, -0.2) is 0 Å². The van der Waals surface area contributed by atoms with Crippen molar-refractivity contribution < 1.29 is 0 Å².